The number of hydrogen-bond acceptors (Lipinski definition) is 3. The van der Waals surface area contributed by atoms with E-state index in [1.807, 2.05) is 43.3 Å². The summed E-state index contributed by atoms with van der Waals surface area (Å²) in [5.74, 6) is -0.895. The van der Waals surface area contributed by atoms with E-state index >= 15 is 0 Å². The van der Waals surface area contributed by atoms with Gasteiger partial charge in [-0.25, -0.2) is 0 Å². The van der Waals surface area contributed by atoms with E-state index in [1.165, 1.54) is 0 Å². The van der Waals surface area contributed by atoms with Crippen molar-refractivity contribution >= 4 is 5.97 Å². The van der Waals surface area contributed by atoms with Gasteiger partial charge < -0.3 is 9.84 Å². The molecule has 1 aromatic carbocycles. The zero-order valence-electron chi connectivity index (χ0n) is 12.6. The Morgan fingerprint density at radius 2 is 1.95 bits per heavy atom. The van der Waals surface area contributed by atoms with Gasteiger partial charge >= 0.3 is 5.97 Å². The number of allylic oxidation sites excluding steroid dienone is 1. The molecule has 2 rings (SSSR count). The number of benzene rings is 1. The van der Waals surface area contributed by atoms with E-state index in [-0.39, 0.29) is 12.6 Å². The molecule has 1 aliphatic carbocycles. The second-order valence-electron chi connectivity index (χ2n) is 5.76. The number of aliphatic hydroxyl groups is 1. The van der Waals surface area contributed by atoms with Gasteiger partial charge in [0, 0.05) is 0 Å². The predicted octanol–water partition coefficient (Wildman–Crippen LogP) is 3.62. The molecule has 1 atom stereocenters. The highest BCUT2D eigenvalue weighted by molar-refractivity contribution is 5.76. The SMILES string of the molecule is C/C=C/C(C(=O)OCc1ccccc1)C1(O)CCCCC1. The second kappa shape index (κ2) is 7.41. The molecule has 0 heterocycles. The molecular formula is C18H24O3. The van der Waals surface area contributed by atoms with Crippen molar-refractivity contribution in [3.63, 3.8) is 0 Å². The lowest BCUT2D eigenvalue weighted by Gasteiger charge is -2.36. The molecular weight excluding hydrogens is 264 g/mol. The molecule has 0 amide bonds. The maximum absolute atomic E-state index is 12.4. The van der Waals surface area contributed by atoms with E-state index < -0.39 is 11.5 Å². The second-order valence-corrected chi connectivity index (χ2v) is 5.76. The summed E-state index contributed by atoms with van der Waals surface area (Å²) in [4.78, 5) is 12.4. The summed E-state index contributed by atoms with van der Waals surface area (Å²) >= 11 is 0. The fourth-order valence-electron chi connectivity index (χ4n) is 2.96. The van der Waals surface area contributed by atoms with E-state index in [0.29, 0.717) is 12.8 Å². The smallest absolute Gasteiger partial charge is 0.316 e. The zero-order valence-corrected chi connectivity index (χ0v) is 12.6. The maximum atomic E-state index is 12.4. The van der Waals surface area contributed by atoms with Crippen LogP contribution in [0.3, 0.4) is 0 Å². The normalized spacial score (nSPS) is 19.3. The Balaban J connectivity index is 2.02. The molecule has 1 fully saturated rings. The van der Waals surface area contributed by atoms with Crippen LogP contribution in [0.25, 0.3) is 0 Å². The monoisotopic (exact) mass is 288 g/mol. The van der Waals surface area contributed by atoms with Crippen molar-refractivity contribution in [1.29, 1.82) is 0 Å². The average molecular weight is 288 g/mol. The van der Waals surface area contributed by atoms with Crippen LogP contribution in [-0.2, 0) is 16.1 Å². The van der Waals surface area contributed by atoms with Crippen molar-refractivity contribution in [2.24, 2.45) is 5.92 Å². The minimum Gasteiger partial charge on any atom is -0.460 e. The van der Waals surface area contributed by atoms with Gasteiger partial charge in [0.15, 0.2) is 0 Å². The fourth-order valence-corrected chi connectivity index (χ4v) is 2.96. The van der Waals surface area contributed by atoms with Crippen molar-refractivity contribution < 1.29 is 14.6 Å². The largest absolute Gasteiger partial charge is 0.460 e. The number of hydrogen-bond donors (Lipinski definition) is 1. The molecule has 3 nitrogen and oxygen atoms in total. The average Bonchev–Trinajstić information content (AvgIpc) is 2.52. The van der Waals surface area contributed by atoms with Crippen molar-refractivity contribution in [3.05, 3.63) is 48.0 Å². The van der Waals surface area contributed by atoms with E-state index in [4.69, 9.17) is 4.74 Å². The first-order valence-corrected chi connectivity index (χ1v) is 7.71. The Morgan fingerprint density at radius 1 is 1.29 bits per heavy atom. The number of carbonyl (C=O) groups is 1. The van der Waals surface area contributed by atoms with Gasteiger partial charge in [-0.3, -0.25) is 4.79 Å². The summed E-state index contributed by atoms with van der Waals surface area (Å²) in [5.41, 5.74) is 0.0131. The van der Waals surface area contributed by atoms with Gasteiger partial charge in [-0.2, -0.15) is 0 Å². The number of ether oxygens (including phenoxy) is 1. The zero-order chi connectivity index (χ0) is 15.1. The highest BCUT2D eigenvalue weighted by Crippen LogP contribution is 2.36. The van der Waals surface area contributed by atoms with Gasteiger partial charge in [-0.15, -0.1) is 0 Å². The minimum atomic E-state index is -0.946. The van der Waals surface area contributed by atoms with Crippen LogP contribution in [0.2, 0.25) is 0 Å². The lowest BCUT2D eigenvalue weighted by Crippen LogP contribution is -2.43. The van der Waals surface area contributed by atoms with Crippen LogP contribution in [0.15, 0.2) is 42.5 Å². The fraction of sp³-hybridized carbons (Fsp3) is 0.500. The Morgan fingerprint density at radius 3 is 2.57 bits per heavy atom. The summed E-state index contributed by atoms with van der Waals surface area (Å²) in [7, 11) is 0. The first-order chi connectivity index (χ1) is 10.2. The summed E-state index contributed by atoms with van der Waals surface area (Å²) in [5, 5.41) is 10.8. The van der Waals surface area contributed by atoms with Gasteiger partial charge in [-0.05, 0) is 25.3 Å². The number of carbonyl (C=O) groups excluding carboxylic acids is 1. The third-order valence-electron chi connectivity index (χ3n) is 4.16. The van der Waals surface area contributed by atoms with Gasteiger partial charge in [0.2, 0.25) is 0 Å². The summed E-state index contributed by atoms with van der Waals surface area (Å²) in [6, 6.07) is 9.61. The number of rotatable bonds is 5. The molecule has 21 heavy (non-hydrogen) atoms. The van der Waals surface area contributed by atoms with Gasteiger partial charge in [0.1, 0.15) is 12.5 Å². The first-order valence-electron chi connectivity index (χ1n) is 7.71. The maximum Gasteiger partial charge on any atom is 0.316 e. The highest BCUT2D eigenvalue weighted by Gasteiger charge is 2.41. The quantitative estimate of drug-likeness (QED) is 0.665. The predicted molar refractivity (Wildman–Crippen MR) is 82.6 cm³/mol. The summed E-state index contributed by atoms with van der Waals surface area (Å²) < 4.78 is 5.41. The Labute approximate surface area is 126 Å². The first kappa shape index (κ1) is 15.8. The van der Waals surface area contributed by atoms with E-state index in [0.717, 1.165) is 24.8 Å². The standard InChI is InChI=1S/C18H24O3/c1-2-9-16(18(20)12-7-4-8-13-18)17(19)21-14-15-10-5-3-6-11-15/h2-3,5-6,9-11,16,20H,4,7-8,12-14H2,1H3/b9-2+. The van der Waals surface area contributed by atoms with Crippen LogP contribution in [0.4, 0.5) is 0 Å². The number of esters is 1. The van der Waals surface area contributed by atoms with Crippen LogP contribution in [0, 0.1) is 5.92 Å². The van der Waals surface area contributed by atoms with Crippen molar-refractivity contribution in [2.45, 2.75) is 51.2 Å². The summed E-state index contributed by atoms with van der Waals surface area (Å²) in [6.45, 7) is 2.12. The topological polar surface area (TPSA) is 46.5 Å². The molecule has 0 saturated heterocycles. The molecule has 1 unspecified atom stereocenters. The van der Waals surface area contributed by atoms with Crippen molar-refractivity contribution in [1.82, 2.24) is 0 Å². The minimum absolute atomic E-state index is 0.254. The molecule has 0 aliphatic heterocycles. The van der Waals surface area contributed by atoms with Crippen LogP contribution in [0.5, 0.6) is 0 Å². The molecule has 0 bridgehead atoms. The molecule has 1 N–H and O–H groups in total. The lowest BCUT2D eigenvalue weighted by atomic mass is 9.75. The van der Waals surface area contributed by atoms with E-state index in [2.05, 4.69) is 0 Å². The van der Waals surface area contributed by atoms with Gasteiger partial charge in [0.05, 0.1) is 5.60 Å². The Kier molecular flexibility index (Phi) is 5.57. The van der Waals surface area contributed by atoms with Crippen molar-refractivity contribution in [3.8, 4) is 0 Å². The molecule has 0 radical (unpaired) electrons. The highest BCUT2D eigenvalue weighted by atomic mass is 16.5. The summed E-state index contributed by atoms with van der Waals surface area (Å²) in [6.07, 6.45) is 8.00. The van der Waals surface area contributed by atoms with E-state index in [9.17, 15) is 9.90 Å². The van der Waals surface area contributed by atoms with Crippen LogP contribution >= 0.6 is 0 Å². The van der Waals surface area contributed by atoms with Gasteiger partial charge in [-0.1, -0.05) is 61.7 Å². The molecule has 1 aromatic rings. The van der Waals surface area contributed by atoms with Crippen LogP contribution < -0.4 is 0 Å². The third-order valence-corrected chi connectivity index (χ3v) is 4.16. The molecule has 0 aromatic heterocycles. The third kappa shape index (κ3) is 4.18. The van der Waals surface area contributed by atoms with Crippen molar-refractivity contribution in [2.75, 3.05) is 0 Å². The Bertz CT molecular complexity index is 472. The van der Waals surface area contributed by atoms with Crippen LogP contribution in [-0.4, -0.2) is 16.7 Å². The molecule has 1 saturated carbocycles. The lowest BCUT2D eigenvalue weighted by molar-refractivity contribution is -0.158. The van der Waals surface area contributed by atoms with Gasteiger partial charge in [0.25, 0.3) is 0 Å². The molecule has 0 spiro atoms. The Hall–Kier alpha value is -1.61. The molecule has 3 heteroatoms. The molecule has 1 aliphatic rings. The van der Waals surface area contributed by atoms with E-state index in [1.54, 1.807) is 6.08 Å². The van der Waals surface area contributed by atoms with Crippen LogP contribution in [0.1, 0.15) is 44.6 Å². The molecule has 114 valence electrons.